The Morgan fingerprint density at radius 3 is 2.35 bits per heavy atom. The van der Waals surface area contributed by atoms with E-state index in [1.807, 2.05) is 19.9 Å². The van der Waals surface area contributed by atoms with Gasteiger partial charge in [0.25, 0.3) is 5.91 Å². The molecule has 0 aliphatic carbocycles. The van der Waals surface area contributed by atoms with Crippen LogP contribution in [0.15, 0.2) is 18.2 Å². The van der Waals surface area contributed by atoms with Gasteiger partial charge in [-0.1, -0.05) is 12.1 Å². The van der Waals surface area contributed by atoms with E-state index >= 15 is 0 Å². The van der Waals surface area contributed by atoms with Crippen LogP contribution in [-0.4, -0.2) is 23.8 Å². The molecule has 0 radical (unpaired) electrons. The Labute approximate surface area is 118 Å². The number of hydrogen-bond donors (Lipinski definition) is 1. The van der Waals surface area contributed by atoms with Crippen molar-refractivity contribution in [1.29, 1.82) is 0 Å². The Hall–Kier alpha value is -2.17. The van der Waals surface area contributed by atoms with E-state index in [1.54, 1.807) is 12.1 Å². The summed E-state index contributed by atoms with van der Waals surface area (Å²) in [7, 11) is 0. The summed E-state index contributed by atoms with van der Waals surface area (Å²) < 4.78 is 4.78. The van der Waals surface area contributed by atoms with E-state index in [4.69, 9.17) is 10.5 Å². The predicted octanol–water partition coefficient (Wildman–Crippen LogP) is 1.68. The van der Waals surface area contributed by atoms with E-state index in [-0.39, 0.29) is 18.6 Å². The van der Waals surface area contributed by atoms with Gasteiger partial charge in [-0.05, 0) is 38.0 Å². The van der Waals surface area contributed by atoms with E-state index < -0.39 is 18.0 Å². The summed E-state index contributed by atoms with van der Waals surface area (Å²) >= 11 is 0. The molecule has 1 aromatic carbocycles. The molecule has 2 N–H and O–H groups in total. The number of amides is 1. The molecule has 1 rings (SSSR count). The molecule has 0 aromatic heterocycles. The summed E-state index contributed by atoms with van der Waals surface area (Å²) in [5, 5.41) is 0. The summed E-state index contributed by atoms with van der Waals surface area (Å²) in [6.07, 6.45) is -0.991. The standard InChI is InChI=1S/C15H19NO4/c1-9-4-5-12(8-10(9)2)13(17)6-7-14(18)20-11(3)15(16)19/h4-5,8,11H,6-7H2,1-3H3,(H2,16,19). The topological polar surface area (TPSA) is 86.5 Å². The summed E-state index contributed by atoms with van der Waals surface area (Å²) in [4.78, 5) is 34.1. The molecule has 0 fully saturated rings. The number of rotatable bonds is 6. The first kappa shape index (κ1) is 15.9. The second-order valence-corrected chi connectivity index (χ2v) is 4.76. The van der Waals surface area contributed by atoms with Crippen molar-refractivity contribution in [3.63, 3.8) is 0 Å². The number of benzene rings is 1. The molecular weight excluding hydrogens is 258 g/mol. The molecule has 0 aliphatic heterocycles. The highest BCUT2D eigenvalue weighted by Crippen LogP contribution is 2.12. The first-order chi connectivity index (χ1) is 9.31. The molecular formula is C15H19NO4. The number of aryl methyl sites for hydroxylation is 2. The Bertz CT molecular complexity index is 537. The van der Waals surface area contributed by atoms with Gasteiger partial charge < -0.3 is 10.5 Å². The number of hydrogen-bond acceptors (Lipinski definition) is 4. The van der Waals surface area contributed by atoms with Gasteiger partial charge in [0.15, 0.2) is 11.9 Å². The molecule has 0 saturated heterocycles. The number of ether oxygens (including phenoxy) is 1. The zero-order valence-corrected chi connectivity index (χ0v) is 11.9. The van der Waals surface area contributed by atoms with Gasteiger partial charge in [0.2, 0.25) is 0 Å². The quantitative estimate of drug-likeness (QED) is 0.633. The minimum absolute atomic E-state index is 0.0484. The number of carbonyl (C=O) groups excluding carboxylic acids is 3. The van der Waals surface area contributed by atoms with E-state index in [2.05, 4.69) is 0 Å². The largest absolute Gasteiger partial charge is 0.453 e. The molecule has 1 atom stereocenters. The molecule has 1 amide bonds. The van der Waals surface area contributed by atoms with Crippen LogP contribution in [0.3, 0.4) is 0 Å². The van der Waals surface area contributed by atoms with Crippen molar-refractivity contribution >= 4 is 17.7 Å². The van der Waals surface area contributed by atoms with Gasteiger partial charge in [0, 0.05) is 12.0 Å². The fourth-order valence-electron chi connectivity index (χ4n) is 1.59. The lowest BCUT2D eigenvalue weighted by Gasteiger charge is -2.09. The van der Waals surface area contributed by atoms with Gasteiger partial charge in [-0.15, -0.1) is 0 Å². The van der Waals surface area contributed by atoms with Crippen molar-refractivity contribution in [2.24, 2.45) is 5.73 Å². The van der Waals surface area contributed by atoms with Crippen molar-refractivity contribution in [2.75, 3.05) is 0 Å². The van der Waals surface area contributed by atoms with Crippen LogP contribution in [0.1, 0.15) is 41.3 Å². The first-order valence-corrected chi connectivity index (χ1v) is 6.40. The summed E-state index contributed by atoms with van der Waals surface area (Å²) in [6, 6.07) is 5.41. The molecule has 0 aliphatic rings. The lowest BCUT2D eigenvalue weighted by molar-refractivity contribution is -0.153. The first-order valence-electron chi connectivity index (χ1n) is 6.40. The van der Waals surface area contributed by atoms with Gasteiger partial charge in [0.1, 0.15) is 0 Å². The molecule has 0 heterocycles. The molecule has 1 unspecified atom stereocenters. The molecule has 20 heavy (non-hydrogen) atoms. The fraction of sp³-hybridized carbons (Fsp3) is 0.400. The maximum Gasteiger partial charge on any atom is 0.307 e. The Balaban J connectivity index is 2.53. The highest BCUT2D eigenvalue weighted by Gasteiger charge is 2.16. The summed E-state index contributed by atoms with van der Waals surface area (Å²) in [6.45, 7) is 5.28. The Kier molecular flexibility index (Phi) is 5.43. The second-order valence-electron chi connectivity index (χ2n) is 4.76. The lowest BCUT2D eigenvalue weighted by Crippen LogP contribution is -2.30. The molecule has 1 aromatic rings. The average molecular weight is 277 g/mol. The molecule has 5 nitrogen and oxygen atoms in total. The SMILES string of the molecule is Cc1ccc(C(=O)CCC(=O)OC(C)C(N)=O)cc1C. The van der Waals surface area contributed by atoms with Crippen LogP contribution in [0.5, 0.6) is 0 Å². The highest BCUT2D eigenvalue weighted by atomic mass is 16.5. The zero-order valence-electron chi connectivity index (χ0n) is 11.9. The van der Waals surface area contributed by atoms with Crippen molar-refractivity contribution in [1.82, 2.24) is 0 Å². The van der Waals surface area contributed by atoms with Crippen LogP contribution < -0.4 is 5.73 Å². The highest BCUT2D eigenvalue weighted by molar-refractivity contribution is 5.97. The number of esters is 1. The Morgan fingerprint density at radius 1 is 1.15 bits per heavy atom. The summed E-state index contributed by atoms with van der Waals surface area (Å²) in [5.41, 5.74) is 7.69. The van der Waals surface area contributed by atoms with Crippen molar-refractivity contribution in [3.8, 4) is 0 Å². The fourth-order valence-corrected chi connectivity index (χ4v) is 1.59. The van der Waals surface area contributed by atoms with Crippen molar-refractivity contribution in [3.05, 3.63) is 34.9 Å². The van der Waals surface area contributed by atoms with Crippen LogP contribution in [0.2, 0.25) is 0 Å². The van der Waals surface area contributed by atoms with Gasteiger partial charge >= 0.3 is 5.97 Å². The van der Waals surface area contributed by atoms with Crippen molar-refractivity contribution < 1.29 is 19.1 Å². The average Bonchev–Trinajstić information content (AvgIpc) is 2.39. The third-order valence-electron chi connectivity index (χ3n) is 3.09. The third-order valence-corrected chi connectivity index (χ3v) is 3.09. The monoisotopic (exact) mass is 277 g/mol. The minimum atomic E-state index is -0.973. The van der Waals surface area contributed by atoms with Gasteiger partial charge in [-0.3, -0.25) is 14.4 Å². The Morgan fingerprint density at radius 2 is 1.80 bits per heavy atom. The second kappa shape index (κ2) is 6.84. The number of nitrogens with two attached hydrogens (primary N) is 1. The van der Waals surface area contributed by atoms with Crippen LogP contribution in [0, 0.1) is 13.8 Å². The van der Waals surface area contributed by atoms with E-state index in [0.29, 0.717) is 5.56 Å². The maximum atomic E-state index is 11.9. The van der Waals surface area contributed by atoms with Crippen LogP contribution >= 0.6 is 0 Å². The molecule has 0 bridgehead atoms. The van der Waals surface area contributed by atoms with E-state index in [9.17, 15) is 14.4 Å². The molecule has 0 spiro atoms. The molecule has 0 saturated carbocycles. The minimum Gasteiger partial charge on any atom is -0.453 e. The number of ketones is 1. The predicted molar refractivity (Wildman–Crippen MR) is 74.2 cm³/mol. The summed E-state index contributed by atoms with van der Waals surface area (Å²) in [5.74, 6) is -1.44. The van der Waals surface area contributed by atoms with Crippen LogP contribution in [-0.2, 0) is 14.3 Å². The van der Waals surface area contributed by atoms with E-state index in [1.165, 1.54) is 6.92 Å². The van der Waals surface area contributed by atoms with Gasteiger partial charge in [-0.2, -0.15) is 0 Å². The molecule has 5 heteroatoms. The van der Waals surface area contributed by atoms with Gasteiger partial charge in [-0.25, -0.2) is 0 Å². The zero-order chi connectivity index (χ0) is 15.3. The van der Waals surface area contributed by atoms with E-state index in [0.717, 1.165) is 11.1 Å². The van der Waals surface area contributed by atoms with Gasteiger partial charge in [0.05, 0.1) is 6.42 Å². The van der Waals surface area contributed by atoms with Crippen LogP contribution in [0.25, 0.3) is 0 Å². The normalized spacial score (nSPS) is 11.8. The molecule has 108 valence electrons. The maximum absolute atomic E-state index is 11.9. The number of carbonyl (C=O) groups is 3. The van der Waals surface area contributed by atoms with Crippen LogP contribution in [0.4, 0.5) is 0 Å². The number of primary amides is 1. The van der Waals surface area contributed by atoms with Crippen molar-refractivity contribution in [2.45, 2.75) is 39.7 Å². The lowest BCUT2D eigenvalue weighted by atomic mass is 10.0. The smallest absolute Gasteiger partial charge is 0.307 e. The number of Topliss-reactive ketones (excluding diaryl/α,β-unsaturated/α-hetero) is 1. The third kappa shape index (κ3) is 4.50.